The molecule has 0 unspecified atom stereocenters. The number of aliphatic carboxylic acids is 2. The van der Waals surface area contributed by atoms with Gasteiger partial charge in [0.2, 0.25) is 0 Å². The second-order valence-corrected chi connectivity index (χ2v) is 1.05. The predicted molar refractivity (Wildman–Crippen MR) is 37.6 cm³/mol. The Bertz CT molecular complexity index is 140. The molecule has 0 aromatic heterocycles. The topological polar surface area (TPSA) is 80.3 Å². The van der Waals surface area contributed by atoms with Gasteiger partial charge in [0.25, 0.3) is 0 Å². The molecule has 0 saturated carbocycles. The minimum atomic E-state index is -1.23. The van der Waals surface area contributed by atoms with Crippen LogP contribution in [0.25, 0.3) is 0 Å². The fraction of sp³-hybridized carbons (Fsp3) is 0. The molecule has 0 spiro atoms. The summed E-state index contributed by atoms with van der Waals surface area (Å²) in [6.45, 7) is 5.80. The molecular formula is C6H7CoNaO4. The van der Waals surface area contributed by atoms with Crippen molar-refractivity contribution in [1.29, 1.82) is 0 Å². The number of hydrogen-bond donors (Lipinski definition) is 0. The van der Waals surface area contributed by atoms with Gasteiger partial charge >= 0.3 is 46.3 Å². The molecule has 0 aliphatic rings. The maximum atomic E-state index is 9.14. The zero-order valence-electron chi connectivity index (χ0n) is 5.54. The fourth-order valence-electron chi connectivity index (χ4n) is 0. The van der Waals surface area contributed by atoms with E-state index in [0.717, 1.165) is 12.2 Å². The van der Waals surface area contributed by atoms with Crippen LogP contribution >= 0.6 is 0 Å². The van der Waals surface area contributed by atoms with Crippen molar-refractivity contribution in [3.63, 3.8) is 0 Å². The van der Waals surface area contributed by atoms with Crippen molar-refractivity contribution in [2.75, 3.05) is 0 Å². The van der Waals surface area contributed by atoms with Crippen molar-refractivity contribution in [2.24, 2.45) is 0 Å². The van der Waals surface area contributed by atoms with Crippen LogP contribution in [0.5, 0.6) is 0 Å². The van der Waals surface area contributed by atoms with Gasteiger partial charge in [0.15, 0.2) is 0 Å². The van der Waals surface area contributed by atoms with E-state index in [9.17, 15) is 0 Å². The summed E-state index contributed by atoms with van der Waals surface area (Å²) in [5.74, 6) is -2.46. The van der Waals surface area contributed by atoms with Crippen molar-refractivity contribution in [2.45, 2.75) is 0 Å². The van der Waals surface area contributed by atoms with E-state index in [0.29, 0.717) is 0 Å². The second-order valence-electron chi connectivity index (χ2n) is 1.05. The zero-order valence-corrected chi connectivity index (χ0v) is 6.58. The minimum absolute atomic E-state index is 0. The average molecular weight is 225 g/mol. The van der Waals surface area contributed by atoms with Crippen LogP contribution in [-0.2, 0) is 26.4 Å². The first-order valence-electron chi connectivity index (χ1n) is 2.21. The summed E-state index contributed by atoms with van der Waals surface area (Å²) in [4.78, 5) is 18.3. The summed E-state index contributed by atoms with van der Waals surface area (Å²) in [5, 5.41) is 18.3. The first-order chi connectivity index (χ1) is 4.54. The molecule has 4 nitrogen and oxygen atoms in total. The van der Waals surface area contributed by atoms with Crippen molar-refractivity contribution < 1.29 is 36.6 Å². The van der Waals surface area contributed by atoms with Crippen molar-refractivity contribution in [1.82, 2.24) is 0 Å². The van der Waals surface area contributed by atoms with E-state index in [1.54, 1.807) is 0 Å². The summed E-state index contributed by atoms with van der Waals surface area (Å²) in [5.41, 5.74) is 0. The van der Waals surface area contributed by atoms with Gasteiger partial charge in [0.1, 0.15) is 0 Å². The van der Waals surface area contributed by atoms with Gasteiger partial charge < -0.3 is 19.8 Å². The van der Waals surface area contributed by atoms with Crippen molar-refractivity contribution >= 4 is 41.5 Å². The second kappa shape index (κ2) is 17.1. The first kappa shape index (κ1) is 22.7. The van der Waals surface area contributed by atoms with Gasteiger partial charge in [0.05, 0.1) is 11.9 Å². The average Bonchev–Trinajstić information content (AvgIpc) is 1.89. The van der Waals surface area contributed by atoms with Crippen LogP contribution in [0, 0.1) is 0 Å². The SMILES string of the molecule is C=CC(=O)[O-].C=CC(=O)[O-].[Co+2].[NaH]. The Hall–Kier alpha value is -0.0735. The zero-order chi connectivity index (χ0) is 8.57. The molecular weight excluding hydrogens is 218 g/mol. The molecule has 0 aliphatic heterocycles. The van der Waals surface area contributed by atoms with Crippen LogP contribution in [0.4, 0.5) is 0 Å². The Morgan fingerprint density at radius 1 is 1.00 bits per heavy atom. The summed E-state index contributed by atoms with van der Waals surface area (Å²) in [6.07, 6.45) is 1.44. The molecule has 0 atom stereocenters. The Balaban J connectivity index is -0.0000000457. The molecule has 0 saturated heterocycles. The van der Waals surface area contributed by atoms with Crippen LogP contribution in [0.2, 0.25) is 0 Å². The first-order valence-corrected chi connectivity index (χ1v) is 2.21. The molecule has 12 heavy (non-hydrogen) atoms. The Morgan fingerprint density at radius 2 is 1.08 bits per heavy atom. The Labute approximate surface area is 103 Å². The van der Waals surface area contributed by atoms with E-state index in [2.05, 4.69) is 13.2 Å². The van der Waals surface area contributed by atoms with Crippen LogP contribution < -0.4 is 10.2 Å². The molecule has 0 aromatic carbocycles. The van der Waals surface area contributed by atoms with Crippen LogP contribution in [-0.4, -0.2) is 41.5 Å². The number of carbonyl (C=O) groups is 2. The van der Waals surface area contributed by atoms with Gasteiger partial charge in [-0.3, -0.25) is 0 Å². The molecule has 6 heteroatoms. The summed E-state index contributed by atoms with van der Waals surface area (Å²) in [6, 6.07) is 0. The third kappa shape index (κ3) is 51.3. The maximum absolute atomic E-state index is 9.14. The molecule has 0 aromatic rings. The Kier molecular flexibility index (Phi) is 32.4. The van der Waals surface area contributed by atoms with Crippen molar-refractivity contribution in [3.05, 3.63) is 25.3 Å². The predicted octanol–water partition coefficient (Wildman–Crippen LogP) is -2.81. The van der Waals surface area contributed by atoms with Gasteiger partial charge in [0, 0.05) is 0 Å². The third-order valence-corrected chi connectivity index (χ3v) is 0.333. The van der Waals surface area contributed by atoms with Gasteiger partial charge in [-0.05, 0) is 12.2 Å². The van der Waals surface area contributed by atoms with Gasteiger partial charge in [-0.2, -0.15) is 0 Å². The number of carbonyl (C=O) groups excluding carboxylic acids is 2. The van der Waals surface area contributed by atoms with Crippen LogP contribution in [0.1, 0.15) is 0 Å². The van der Waals surface area contributed by atoms with Crippen LogP contribution in [0.15, 0.2) is 25.3 Å². The molecule has 0 aliphatic carbocycles. The van der Waals surface area contributed by atoms with E-state index < -0.39 is 11.9 Å². The molecule has 0 bridgehead atoms. The number of rotatable bonds is 2. The van der Waals surface area contributed by atoms with Gasteiger partial charge in [-0.1, -0.05) is 13.2 Å². The molecule has 0 heterocycles. The normalized spacial score (nSPS) is 5.33. The number of carboxylic acids is 2. The number of carboxylic acid groups (broad SMARTS) is 2. The molecule has 0 amide bonds. The van der Waals surface area contributed by atoms with E-state index in [1.165, 1.54) is 0 Å². The molecule has 65 valence electrons. The van der Waals surface area contributed by atoms with E-state index in [1.807, 2.05) is 0 Å². The van der Waals surface area contributed by atoms with Crippen LogP contribution in [0.3, 0.4) is 0 Å². The standard InChI is InChI=1S/2C3H4O2.Co.Na.H/c2*1-2-3(4)5;;;/h2*2H,1H2,(H,4,5);;;/q;;+2;;/p-2. The Morgan fingerprint density at radius 3 is 1.08 bits per heavy atom. The molecule has 0 rings (SSSR count). The van der Waals surface area contributed by atoms with Gasteiger partial charge in [-0.25, -0.2) is 0 Å². The quantitative estimate of drug-likeness (QED) is 0.375. The van der Waals surface area contributed by atoms with Gasteiger partial charge in [-0.15, -0.1) is 0 Å². The van der Waals surface area contributed by atoms with E-state index >= 15 is 0 Å². The molecule has 0 N–H and O–H groups in total. The molecule has 1 radical (unpaired) electrons. The summed E-state index contributed by atoms with van der Waals surface area (Å²) < 4.78 is 0. The number of hydrogen-bond acceptors (Lipinski definition) is 4. The van der Waals surface area contributed by atoms with E-state index in [4.69, 9.17) is 19.8 Å². The monoisotopic (exact) mass is 225 g/mol. The summed E-state index contributed by atoms with van der Waals surface area (Å²) in [7, 11) is 0. The molecule has 0 fully saturated rings. The third-order valence-electron chi connectivity index (χ3n) is 0.333. The van der Waals surface area contributed by atoms with Crippen molar-refractivity contribution in [3.8, 4) is 0 Å². The fourth-order valence-corrected chi connectivity index (χ4v) is 0. The summed E-state index contributed by atoms with van der Waals surface area (Å²) >= 11 is 0. The van der Waals surface area contributed by atoms with E-state index in [-0.39, 0.29) is 46.3 Å².